The first-order valence-electron chi connectivity index (χ1n) is 11.2. The average Bonchev–Trinajstić information content (AvgIpc) is 2.87. The Bertz CT molecular complexity index is 1240. The van der Waals surface area contributed by atoms with Gasteiger partial charge >= 0.3 is 0 Å². The van der Waals surface area contributed by atoms with Crippen molar-refractivity contribution in [2.45, 2.75) is 31.3 Å². The zero-order valence-corrected chi connectivity index (χ0v) is 21.2. The van der Waals surface area contributed by atoms with E-state index in [0.717, 1.165) is 9.87 Å². The standard InChI is InChI=1S/C26H28ClN3O4S/c1-3-28-26(32)20(2)29(18-21-10-6-4-7-11-21)25(31)19-30(23-16-14-22(27)15-17-23)35(33,34)24-12-8-5-9-13-24/h4-17,20H,3,18-19H2,1-2H3,(H,28,32). The third-order valence-electron chi connectivity index (χ3n) is 5.44. The second-order valence-electron chi connectivity index (χ2n) is 7.88. The monoisotopic (exact) mass is 513 g/mol. The first-order chi connectivity index (χ1) is 16.7. The summed E-state index contributed by atoms with van der Waals surface area (Å²) in [6.45, 7) is 3.50. The summed E-state index contributed by atoms with van der Waals surface area (Å²) in [4.78, 5) is 27.7. The lowest BCUT2D eigenvalue weighted by molar-refractivity contribution is -0.139. The van der Waals surface area contributed by atoms with E-state index in [1.54, 1.807) is 56.3 Å². The fourth-order valence-electron chi connectivity index (χ4n) is 3.54. The smallest absolute Gasteiger partial charge is 0.264 e. The molecule has 1 atom stereocenters. The maximum absolute atomic E-state index is 13.6. The Morgan fingerprint density at radius 3 is 2.06 bits per heavy atom. The molecule has 184 valence electrons. The van der Waals surface area contributed by atoms with Crippen molar-refractivity contribution < 1.29 is 18.0 Å². The van der Waals surface area contributed by atoms with Gasteiger partial charge in [0, 0.05) is 18.1 Å². The molecule has 1 unspecified atom stereocenters. The van der Waals surface area contributed by atoms with Gasteiger partial charge in [0.2, 0.25) is 11.8 Å². The van der Waals surface area contributed by atoms with E-state index in [4.69, 9.17) is 11.6 Å². The van der Waals surface area contributed by atoms with Crippen molar-refractivity contribution in [3.05, 3.63) is 95.5 Å². The van der Waals surface area contributed by atoms with Gasteiger partial charge in [-0.25, -0.2) is 8.42 Å². The van der Waals surface area contributed by atoms with Crippen molar-refractivity contribution in [3.8, 4) is 0 Å². The third-order valence-corrected chi connectivity index (χ3v) is 7.48. The molecule has 3 aromatic rings. The van der Waals surface area contributed by atoms with Crippen LogP contribution in [0.1, 0.15) is 19.4 Å². The summed E-state index contributed by atoms with van der Waals surface area (Å²) in [5, 5.41) is 3.17. The maximum Gasteiger partial charge on any atom is 0.264 e. The molecular weight excluding hydrogens is 486 g/mol. The molecule has 0 aromatic heterocycles. The number of rotatable bonds is 10. The fourth-order valence-corrected chi connectivity index (χ4v) is 5.10. The van der Waals surface area contributed by atoms with Gasteiger partial charge in [-0.05, 0) is 55.8 Å². The minimum Gasteiger partial charge on any atom is -0.355 e. The van der Waals surface area contributed by atoms with E-state index in [2.05, 4.69) is 5.32 Å². The number of hydrogen-bond acceptors (Lipinski definition) is 4. The Labute approximate surface area is 211 Å². The van der Waals surface area contributed by atoms with E-state index in [-0.39, 0.29) is 23.0 Å². The minimum atomic E-state index is -4.08. The predicted octanol–water partition coefficient (Wildman–Crippen LogP) is 4.09. The molecule has 0 heterocycles. The number of amides is 2. The van der Waals surface area contributed by atoms with E-state index < -0.39 is 28.5 Å². The summed E-state index contributed by atoms with van der Waals surface area (Å²) in [6, 6.07) is 22.6. The number of carbonyl (C=O) groups excluding carboxylic acids is 2. The molecule has 0 bridgehead atoms. The molecule has 0 radical (unpaired) electrons. The fraction of sp³-hybridized carbons (Fsp3) is 0.231. The quantitative estimate of drug-likeness (QED) is 0.442. The SMILES string of the molecule is CCNC(=O)C(C)N(Cc1ccccc1)C(=O)CN(c1ccc(Cl)cc1)S(=O)(=O)c1ccccc1. The number of benzene rings is 3. The summed E-state index contributed by atoms with van der Waals surface area (Å²) in [7, 11) is -4.08. The van der Waals surface area contributed by atoms with Crippen molar-refractivity contribution in [2.24, 2.45) is 0 Å². The van der Waals surface area contributed by atoms with Crippen molar-refractivity contribution >= 4 is 39.1 Å². The number of nitrogens with one attached hydrogen (secondary N) is 1. The van der Waals surface area contributed by atoms with Crippen LogP contribution in [0.5, 0.6) is 0 Å². The van der Waals surface area contributed by atoms with Gasteiger partial charge in [0.05, 0.1) is 10.6 Å². The zero-order chi connectivity index (χ0) is 25.4. The van der Waals surface area contributed by atoms with Gasteiger partial charge in [-0.15, -0.1) is 0 Å². The van der Waals surface area contributed by atoms with Crippen LogP contribution < -0.4 is 9.62 Å². The molecule has 2 amide bonds. The van der Waals surface area contributed by atoms with Gasteiger partial charge in [0.25, 0.3) is 10.0 Å². The lowest BCUT2D eigenvalue weighted by Gasteiger charge is -2.32. The van der Waals surface area contributed by atoms with E-state index in [1.165, 1.54) is 17.0 Å². The van der Waals surface area contributed by atoms with Crippen LogP contribution in [-0.2, 0) is 26.2 Å². The highest BCUT2D eigenvalue weighted by Gasteiger charge is 2.32. The van der Waals surface area contributed by atoms with Gasteiger partial charge in [-0.2, -0.15) is 0 Å². The van der Waals surface area contributed by atoms with Crippen LogP contribution in [0.25, 0.3) is 0 Å². The highest BCUT2D eigenvalue weighted by atomic mass is 35.5. The van der Waals surface area contributed by atoms with E-state index in [0.29, 0.717) is 11.6 Å². The molecular formula is C26H28ClN3O4S. The van der Waals surface area contributed by atoms with Crippen LogP contribution in [0.15, 0.2) is 89.8 Å². The Morgan fingerprint density at radius 2 is 1.49 bits per heavy atom. The number of hydrogen-bond donors (Lipinski definition) is 1. The molecule has 3 aromatic carbocycles. The number of carbonyl (C=O) groups is 2. The zero-order valence-electron chi connectivity index (χ0n) is 19.6. The van der Waals surface area contributed by atoms with Crippen LogP contribution in [0.4, 0.5) is 5.69 Å². The highest BCUT2D eigenvalue weighted by Crippen LogP contribution is 2.26. The molecule has 0 spiro atoms. The van der Waals surface area contributed by atoms with Crippen molar-refractivity contribution in [2.75, 3.05) is 17.4 Å². The molecule has 0 aliphatic heterocycles. The summed E-state index contributed by atoms with van der Waals surface area (Å²) in [5.41, 5.74) is 1.11. The molecule has 0 aliphatic carbocycles. The van der Waals surface area contributed by atoms with E-state index in [1.807, 2.05) is 30.3 Å². The molecule has 7 nitrogen and oxygen atoms in total. The van der Waals surface area contributed by atoms with Crippen molar-refractivity contribution in [1.29, 1.82) is 0 Å². The van der Waals surface area contributed by atoms with E-state index >= 15 is 0 Å². The van der Waals surface area contributed by atoms with Crippen molar-refractivity contribution in [1.82, 2.24) is 10.2 Å². The minimum absolute atomic E-state index is 0.0501. The molecule has 0 aliphatic rings. The van der Waals surface area contributed by atoms with Crippen LogP contribution in [0.3, 0.4) is 0 Å². The first kappa shape index (κ1) is 26.2. The van der Waals surface area contributed by atoms with Gasteiger partial charge in [0.1, 0.15) is 12.6 Å². The average molecular weight is 514 g/mol. The Balaban J connectivity index is 2.00. The number of likely N-dealkylation sites (N-methyl/N-ethyl adjacent to an activating group) is 1. The molecule has 0 saturated carbocycles. The summed E-state index contributed by atoms with van der Waals surface area (Å²) >= 11 is 6.01. The van der Waals surface area contributed by atoms with Crippen LogP contribution in [0, 0.1) is 0 Å². The summed E-state index contributed by atoms with van der Waals surface area (Å²) in [5.74, 6) is -0.831. The normalized spacial score (nSPS) is 12.0. The second kappa shape index (κ2) is 11.9. The molecule has 0 fully saturated rings. The van der Waals surface area contributed by atoms with Gasteiger partial charge in [0.15, 0.2) is 0 Å². The highest BCUT2D eigenvalue weighted by molar-refractivity contribution is 7.92. The molecule has 1 N–H and O–H groups in total. The van der Waals surface area contributed by atoms with Gasteiger partial charge in [-0.1, -0.05) is 60.1 Å². The van der Waals surface area contributed by atoms with Crippen LogP contribution in [0.2, 0.25) is 5.02 Å². The van der Waals surface area contributed by atoms with Crippen molar-refractivity contribution in [3.63, 3.8) is 0 Å². The Morgan fingerprint density at radius 1 is 0.914 bits per heavy atom. The largest absolute Gasteiger partial charge is 0.355 e. The Hall–Kier alpha value is -3.36. The summed E-state index contributed by atoms with van der Waals surface area (Å²) in [6.07, 6.45) is 0. The third kappa shape index (κ3) is 6.61. The topological polar surface area (TPSA) is 86.8 Å². The predicted molar refractivity (Wildman–Crippen MR) is 138 cm³/mol. The number of sulfonamides is 1. The maximum atomic E-state index is 13.6. The number of anilines is 1. The molecule has 9 heteroatoms. The van der Waals surface area contributed by atoms with Gasteiger partial charge < -0.3 is 10.2 Å². The molecule has 3 rings (SSSR count). The van der Waals surface area contributed by atoms with Crippen LogP contribution in [-0.4, -0.2) is 44.3 Å². The lowest BCUT2D eigenvalue weighted by atomic mass is 10.1. The summed E-state index contributed by atoms with van der Waals surface area (Å²) < 4.78 is 28.2. The Kier molecular flexibility index (Phi) is 8.89. The second-order valence-corrected chi connectivity index (χ2v) is 10.2. The molecule has 35 heavy (non-hydrogen) atoms. The first-order valence-corrected chi connectivity index (χ1v) is 13.0. The number of nitrogens with zero attached hydrogens (tertiary/aromatic N) is 2. The number of halogens is 1. The van der Waals surface area contributed by atoms with Crippen LogP contribution >= 0.6 is 11.6 Å². The lowest BCUT2D eigenvalue weighted by Crippen LogP contribution is -2.51. The van der Waals surface area contributed by atoms with E-state index in [9.17, 15) is 18.0 Å². The van der Waals surface area contributed by atoms with Gasteiger partial charge in [-0.3, -0.25) is 13.9 Å². The molecule has 0 saturated heterocycles.